The highest BCUT2D eigenvalue weighted by molar-refractivity contribution is 7.99. The first kappa shape index (κ1) is 27.6. The zero-order valence-corrected chi connectivity index (χ0v) is 22.6. The average Bonchev–Trinajstić information content (AvgIpc) is 2.92. The van der Waals surface area contributed by atoms with Gasteiger partial charge in [-0.3, -0.25) is 14.5 Å². The maximum atomic E-state index is 13.0. The summed E-state index contributed by atoms with van der Waals surface area (Å²) in [4.78, 5) is 39.0. The standard InChI is InChI=1S/C28H34N6O3S/c1-20(2)30-26(36)19-33-13-15-34(16-14-33)27(37)22-3-7-23(8-4-22)31-28-29-12-11-25(32-28)21-5-9-24(10-6-21)38-18-17-35/h3-12,20,35H,13-19H2,1-2H3,(H,30,36)(H,29,31,32). The fraction of sp³-hybridized carbons (Fsp3) is 0.357. The largest absolute Gasteiger partial charge is 0.396 e. The number of aromatic nitrogens is 2. The van der Waals surface area contributed by atoms with Gasteiger partial charge in [-0.15, -0.1) is 11.8 Å². The number of carbonyl (C=O) groups excluding carboxylic acids is 2. The summed E-state index contributed by atoms with van der Waals surface area (Å²) in [7, 11) is 0. The molecule has 2 aromatic carbocycles. The van der Waals surface area contributed by atoms with Crippen molar-refractivity contribution in [3.8, 4) is 11.3 Å². The van der Waals surface area contributed by atoms with Crippen LogP contribution in [0.3, 0.4) is 0 Å². The summed E-state index contributed by atoms with van der Waals surface area (Å²) in [6.45, 7) is 6.94. The molecule has 1 aromatic heterocycles. The minimum absolute atomic E-state index is 0.0123. The topological polar surface area (TPSA) is 111 Å². The van der Waals surface area contributed by atoms with Gasteiger partial charge in [-0.1, -0.05) is 12.1 Å². The van der Waals surface area contributed by atoms with Crippen LogP contribution in [-0.2, 0) is 4.79 Å². The quantitative estimate of drug-likeness (QED) is 0.340. The first-order chi connectivity index (χ1) is 18.4. The van der Waals surface area contributed by atoms with E-state index in [1.165, 1.54) is 0 Å². The molecular weight excluding hydrogens is 500 g/mol. The lowest BCUT2D eigenvalue weighted by molar-refractivity contribution is -0.123. The fourth-order valence-electron chi connectivity index (χ4n) is 4.15. The first-order valence-corrected chi connectivity index (χ1v) is 13.7. The summed E-state index contributed by atoms with van der Waals surface area (Å²) >= 11 is 1.61. The molecule has 2 amide bonds. The maximum absolute atomic E-state index is 13.0. The van der Waals surface area contributed by atoms with Crippen molar-refractivity contribution >= 4 is 35.2 Å². The van der Waals surface area contributed by atoms with Crippen LogP contribution in [0.4, 0.5) is 11.6 Å². The van der Waals surface area contributed by atoms with Gasteiger partial charge in [0, 0.05) is 65.9 Å². The molecule has 0 aliphatic carbocycles. The van der Waals surface area contributed by atoms with Gasteiger partial charge in [0.1, 0.15) is 0 Å². The van der Waals surface area contributed by atoms with Crippen LogP contribution in [0.5, 0.6) is 0 Å². The Morgan fingerprint density at radius 3 is 2.37 bits per heavy atom. The number of nitrogens with zero attached hydrogens (tertiary/aromatic N) is 4. The monoisotopic (exact) mass is 534 g/mol. The zero-order chi connectivity index (χ0) is 26.9. The van der Waals surface area contributed by atoms with Crippen molar-refractivity contribution < 1.29 is 14.7 Å². The number of nitrogens with one attached hydrogen (secondary N) is 2. The second kappa shape index (κ2) is 13.4. The van der Waals surface area contributed by atoms with Gasteiger partial charge < -0.3 is 20.6 Å². The van der Waals surface area contributed by atoms with Crippen molar-refractivity contribution in [3.63, 3.8) is 0 Å². The van der Waals surface area contributed by atoms with Gasteiger partial charge in [0.25, 0.3) is 5.91 Å². The van der Waals surface area contributed by atoms with E-state index in [0.29, 0.717) is 50.0 Å². The summed E-state index contributed by atoms with van der Waals surface area (Å²) in [5.41, 5.74) is 3.19. The van der Waals surface area contributed by atoms with Crippen molar-refractivity contribution in [2.75, 3.05) is 50.4 Å². The normalized spacial score (nSPS) is 13.9. The van der Waals surface area contributed by atoms with Gasteiger partial charge >= 0.3 is 0 Å². The average molecular weight is 535 g/mol. The van der Waals surface area contributed by atoms with Crippen LogP contribution in [0, 0.1) is 0 Å². The van der Waals surface area contributed by atoms with Gasteiger partial charge in [0.15, 0.2) is 0 Å². The summed E-state index contributed by atoms with van der Waals surface area (Å²) in [6, 6.07) is 17.3. The van der Waals surface area contributed by atoms with E-state index in [2.05, 4.69) is 25.5 Å². The molecule has 0 atom stereocenters. The molecule has 3 aromatic rings. The second-order valence-corrected chi connectivity index (χ2v) is 10.5. The SMILES string of the molecule is CC(C)NC(=O)CN1CCN(C(=O)c2ccc(Nc3nccc(-c4ccc(SCCO)cc4)n3)cc2)CC1. The minimum Gasteiger partial charge on any atom is -0.396 e. The highest BCUT2D eigenvalue weighted by Crippen LogP contribution is 2.24. The summed E-state index contributed by atoms with van der Waals surface area (Å²) < 4.78 is 0. The van der Waals surface area contributed by atoms with Crippen LogP contribution in [0.2, 0.25) is 0 Å². The lowest BCUT2D eigenvalue weighted by Gasteiger charge is -2.34. The van der Waals surface area contributed by atoms with Crippen molar-refractivity contribution in [2.24, 2.45) is 0 Å². The predicted molar refractivity (Wildman–Crippen MR) is 151 cm³/mol. The van der Waals surface area contributed by atoms with Crippen molar-refractivity contribution in [1.82, 2.24) is 25.1 Å². The maximum Gasteiger partial charge on any atom is 0.253 e. The number of thioether (sulfide) groups is 1. The Hall–Kier alpha value is -3.47. The number of benzene rings is 2. The van der Waals surface area contributed by atoms with E-state index in [9.17, 15) is 9.59 Å². The fourth-order valence-corrected chi connectivity index (χ4v) is 4.81. The lowest BCUT2D eigenvalue weighted by atomic mass is 10.1. The lowest BCUT2D eigenvalue weighted by Crippen LogP contribution is -2.51. The second-order valence-electron chi connectivity index (χ2n) is 9.35. The van der Waals surface area contributed by atoms with Crippen LogP contribution >= 0.6 is 11.8 Å². The van der Waals surface area contributed by atoms with Gasteiger partial charge in [-0.05, 0) is 56.3 Å². The van der Waals surface area contributed by atoms with E-state index in [0.717, 1.165) is 21.8 Å². The molecule has 4 rings (SSSR count). The molecule has 0 unspecified atom stereocenters. The molecule has 0 radical (unpaired) electrons. The summed E-state index contributed by atoms with van der Waals surface area (Å²) in [6.07, 6.45) is 1.71. The van der Waals surface area contributed by atoms with Crippen molar-refractivity contribution in [3.05, 3.63) is 66.4 Å². The van der Waals surface area contributed by atoms with Gasteiger partial charge in [-0.25, -0.2) is 9.97 Å². The highest BCUT2D eigenvalue weighted by atomic mass is 32.2. The Morgan fingerprint density at radius 2 is 1.71 bits per heavy atom. The van der Waals surface area contributed by atoms with Crippen LogP contribution < -0.4 is 10.6 Å². The van der Waals surface area contributed by atoms with Crippen LogP contribution in [0.25, 0.3) is 11.3 Å². The molecule has 0 spiro atoms. The molecule has 1 saturated heterocycles. The van der Waals surface area contributed by atoms with Crippen molar-refractivity contribution in [1.29, 1.82) is 0 Å². The number of hydrogen-bond donors (Lipinski definition) is 3. The number of rotatable bonds is 10. The van der Waals surface area contributed by atoms with E-state index in [-0.39, 0.29) is 24.5 Å². The Kier molecular flexibility index (Phi) is 9.69. The Labute approximate surface area is 227 Å². The smallest absolute Gasteiger partial charge is 0.253 e. The number of anilines is 2. The Bertz CT molecular complexity index is 1210. The number of amides is 2. The summed E-state index contributed by atoms with van der Waals surface area (Å²) in [5.74, 6) is 1.14. The van der Waals surface area contributed by atoms with E-state index >= 15 is 0 Å². The molecular formula is C28H34N6O3S. The van der Waals surface area contributed by atoms with E-state index in [1.54, 1.807) is 30.1 Å². The number of piperazine rings is 1. The molecule has 9 nitrogen and oxygen atoms in total. The number of aliphatic hydroxyl groups excluding tert-OH is 1. The zero-order valence-electron chi connectivity index (χ0n) is 21.8. The highest BCUT2D eigenvalue weighted by Gasteiger charge is 2.23. The molecule has 1 aliphatic rings. The molecule has 0 saturated carbocycles. The van der Waals surface area contributed by atoms with Crippen LogP contribution in [0.1, 0.15) is 24.2 Å². The number of hydrogen-bond acceptors (Lipinski definition) is 8. The molecule has 2 heterocycles. The number of aliphatic hydroxyl groups is 1. The summed E-state index contributed by atoms with van der Waals surface area (Å²) in [5, 5.41) is 15.1. The molecule has 3 N–H and O–H groups in total. The molecule has 10 heteroatoms. The third-order valence-electron chi connectivity index (χ3n) is 6.03. The molecule has 1 aliphatic heterocycles. The van der Waals surface area contributed by atoms with Gasteiger partial charge in [0.2, 0.25) is 11.9 Å². The first-order valence-electron chi connectivity index (χ1n) is 12.8. The van der Waals surface area contributed by atoms with Crippen LogP contribution in [0.15, 0.2) is 65.7 Å². The molecule has 200 valence electrons. The van der Waals surface area contributed by atoms with E-state index in [1.807, 2.05) is 61.2 Å². The van der Waals surface area contributed by atoms with Crippen molar-refractivity contribution in [2.45, 2.75) is 24.8 Å². The van der Waals surface area contributed by atoms with Gasteiger partial charge in [-0.2, -0.15) is 0 Å². The van der Waals surface area contributed by atoms with Crippen LogP contribution in [-0.4, -0.2) is 87.8 Å². The third-order valence-corrected chi connectivity index (χ3v) is 7.02. The molecule has 0 bridgehead atoms. The third kappa shape index (κ3) is 7.77. The molecule has 1 fully saturated rings. The number of carbonyl (C=O) groups is 2. The van der Waals surface area contributed by atoms with E-state index < -0.39 is 0 Å². The molecule has 38 heavy (non-hydrogen) atoms. The Morgan fingerprint density at radius 1 is 1.00 bits per heavy atom. The minimum atomic E-state index is -0.0123. The van der Waals surface area contributed by atoms with E-state index in [4.69, 9.17) is 5.11 Å². The van der Waals surface area contributed by atoms with Gasteiger partial charge in [0.05, 0.1) is 18.8 Å². The Balaban J connectivity index is 1.31. The predicted octanol–water partition coefficient (Wildman–Crippen LogP) is 3.25.